The van der Waals surface area contributed by atoms with Crippen molar-refractivity contribution in [1.29, 1.82) is 0 Å². The lowest BCUT2D eigenvalue weighted by Gasteiger charge is -2.09. The largest absolute Gasteiger partial charge is 0.416 e. The van der Waals surface area contributed by atoms with Crippen molar-refractivity contribution in [3.8, 4) is 0 Å². The quantitative estimate of drug-likeness (QED) is 0.476. The van der Waals surface area contributed by atoms with Crippen LogP contribution in [0.2, 0.25) is 0 Å². The Balaban J connectivity index is 1.54. The summed E-state index contributed by atoms with van der Waals surface area (Å²) in [6, 6.07) is 9.80. The van der Waals surface area contributed by atoms with Crippen LogP contribution in [0.4, 0.5) is 23.2 Å². The van der Waals surface area contributed by atoms with E-state index >= 15 is 0 Å². The van der Waals surface area contributed by atoms with Crippen LogP contribution in [0.15, 0.2) is 59.7 Å². The van der Waals surface area contributed by atoms with E-state index in [9.17, 15) is 27.2 Å². The van der Waals surface area contributed by atoms with Crippen molar-refractivity contribution in [1.82, 2.24) is 24.5 Å². The average molecular weight is 446 g/mol. The van der Waals surface area contributed by atoms with E-state index in [0.29, 0.717) is 11.3 Å². The molecule has 2 aromatic carbocycles. The highest BCUT2D eigenvalue weighted by Crippen LogP contribution is 2.29. The van der Waals surface area contributed by atoms with Gasteiger partial charge >= 0.3 is 6.18 Å². The molecule has 0 bridgehead atoms. The number of fused-ring (bicyclic) bond motifs is 1. The summed E-state index contributed by atoms with van der Waals surface area (Å²) in [6.45, 7) is -0.457. The van der Waals surface area contributed by atoms with Crippen molar-refractivity contribution in [2.24, 2.45) is 0 Å². The molecule has 0 spiro atoms. The summed E-state index contributed by atoms with van der Waals surface area (Å²) in [5.41, 5.74) is -0.847. The lowest BCUT2D eigenvalue weighted by molar-refractivity contribution is -0.137. The second-order valence-electron chi connectivity index (χ2n) is 6.85. The molecule has 12 heteroatoms. The molecule has 0 aliphatic carbocycles. The topological polar surface area (TPSA) is 94.7 Å². The number of hydrogen-bond donors (Lipinski definition) is 1. The Bertz CT molecular complexity index is 1340. The number of amides is 1. The van der Waals surface area contributed by atoms with E-state index < -0.39 is 29.0 Å². The predicted molar refractivity (Wildman–Crippen MR) is 105 cm³/mol. The Morgan fingerprint density at radius 3 is 2.56 bits per heavy atom. The number of anilines is 1. The van der Waals surface area contributed by atoms with Crippen molar-refractivity contribution < 1.29 is 22.4 Å². The van der Waals surface area contributed by atoms with Crippen LogP contribution in [-0.2, 0) is 24.1 Å². The van der Waals surface area contributed by atoms with E-state index in [0.717, 1.165) is 23.0 Å². The molecule has 0 saturated heterocycles. The minimum Gasteiger partial charge on any atom is -0.325 e. The molecule has 4 aromatic rings. The molecule has 2 aromatic heterocycles. The third-order valence-electron chi connectivity index (χ3n) is 4.52. The van der Waals surface area contributed by atoms with Crippen LogP contribution in [0.5, 0.6) is 0 Å². The predicted octanol–water partition coefficient (Wildman–Crippen LogP) is 2.83. The number of nitrogens with one attached hydrogen (secondary N) is 1. The Kier molecular flexibility index (Phi) is 5.43. The van der Waals surface area contributed by atoms with E-state index in [1.807, 2.05) is 0 Å². The molecule has 0 atom stereocenters. The standard InChI is InChI=1S/C20H14F4N6O2/c21-14-4-6-15(7-5-14)26-16(31)10-29-11-25-18-17(19(29)32)27-28-30(18)9-12-2-1-3-13(8-12)20(22,23)24/h1-8,11H,9-10H2,(H,26,31). The molecule has 32 heavy (non-hydrogen) atoms. The van der Waals surface area contributed by atoms with Gasteiger partial charge in [-0.1, -0.05) is 17.3 Å². The van der Waals surface area contributed by atoms with Crippen molar-refractivity contribution in [3.05, 3.63) is 82.2 Å². The number of carbonyl (C=O) groups is 1. The lowest BCUT2D eigenvalue weighted by atomic mass is 10.1. The highest BCUT2D eigenvalue weighted by Gasteiger charge is 2.30. The summed E-state index contributed by atoms with van der Waals surface area (Å²) in [5, 5.41) is 10.1. The molecule has 0 saturated carbocycles. The van der Waals surface area contributed by atoms with Crippen LogP contribution >= 0.6 is 0 Å². The molecule has 164 valence electrons. The Hall–Kier alpha value is -4.09. The third kappa shape index (κ3) is 4.48. The molecule has 2 heterocycles. The maximum absolute atomic E-state index is 13.0. The number of halogens is 4. The summed E-state index contributed by atoms with van der Waals surface area (Å²) in [7, 11) is 0. The van der Waals surface area contributed by atoms with Gasteiger partial charge in [0, 0.05) is 5.69 Å². The number of alkyl halides is 3. The van der Waals surface area contributed by atoms with Crippen molar-refractivity contribution in [2.75, 3.05) is 5.32 Å². The number of rotatable bonds is 5. The van der Waals surface area contributed by atoms with Gasteiger partial charge in [-0.05, 0) is 42.0 Å². The summed E-state index contributed by atoms with van der Waals surface area (Å²) in [4.78, 5) is 28.9. The van der Waals surface area contributed by atoms with Gasteiger partial charge in [-0.15, -0.1) is 5.10 Å². The maximum atomic E-state index is 13.0. The van der Waals surface area contributed by atoms with Crippen LogP contribution < -0.4 is 10.9 Å². The van der Waals surface area contributed by atoms with Crippen LogP contribution in [-0.4, -0.2) is 30.5 Å². The number of carbonyl (C=O) groups excluding carboxylic acids is 1. The Morgan fingerprint density at radius 2 is 1.84 bits per heavy atom. The average Bonchev–Trinajstić information content (AvgIpc) is 3.15. The Labute approximate surface area is 177 Å². The van der Waals surface area contributed by atoms with E-state index in [1.165, 1.54) is 41.1 Å². The number of benzene rings is 2. The molecule has 0 radical (unpaired) electrons. The van der Waals surface area contributed by atoms with E-state index in [2.05, 4.69) is 20.6 Å². The van der Waals surface area contributed by atoms with Gasteiger partial charge in [0.2, 0.25) is 5.91 Å². The fourth-order valence-corrected chi connectivity index (χ4v) is 3.01. The van der Waals surface area contributed by atoms with E-state index in [-0.39, 0.29) is 24.3 Å². The zero-order valence-corrected chi connectivity index (χ0v) is 16.2. The fourth-order valence-electron chi connectivity index (χ4n) is 3.01. The van der Waals surface area contributed by atoms with Crippen molar-refractivity contribution in [2.45, 2.75) is 19.3 Å². The molecule has 0 unspecified atom stereocenters. The van der Waals surface area contributed by atoms with E-state index in [4.69, 9.17) is 0 Å². The summed E-state index contributed by atoms with van der Waals surface area (Å²) >= 11 is 0. The van der Waals surface area contributed by atoms with Crippen LogP contribution in [0.3, 0.4) is 0 Å². The lowest BCUT2D eigenvalue weighted by Crippen LogP contribution is -2.28. The molecule has 0 aliphatic rings. The number of nitrogens with zero attached hydrogens (tertiary/aromatic N) is 5. The Morgan fingerprint density at radius 1 is 1.09 bits per heavy atom. The SMILES string of the molecule is O=C(Cn1cnc2c(nnn2Cc2cccc(C(F)(F)F)c2)c1=O)Nc1ccc(F)cc1. The normalized spacial score (nSPS) is 11.6. The highest BCUT2D eigenvalue weighted by atomic mass is 19.4. The first kappa shape index (κ1) is 21.2. The summed E-state index contributed by atoms with van der Waals surface area (Å²) < 4.78 is 53.9. The van der Waals surface area contributed by atoms with Crippen LogP contribution in [0.1, 0.15) is 11.1 Å². The maximum Gasteiger partial charge on any atom is 0.416 e. The number of hydrogen-bond acceptors (Lipinski definition) is 5. The molecule has 8 nitrogen and oxygen atoms in total. The van der Waals surface area contributed by atoms with Gasteiger partial charge in [0.05, 0.1) is 12.1 Å². The molecular formula is C20H14F4N6O2. The zero-order chi connectivity index (χ0) is 22.9. The number of aromatic nitrogens is 5. The molecule has 0 aliphatic heterocycles. The van der Waals surface area contributed by atoms with Gasteiger partial charge in [0.15, 0.2) is 11.2 Å². The summed E-state index contributed by atoms with van der Waals surface area (Å²) in [6.07, 6.45) is -3.36. The molecule has 0 fully saturated rings. The minimum atomic E-state index is -4.49. The van der Waals surface area contributed by atoms with E-state index in [1.54, 1.807) is 0 Å². The van der Waals surface area contributed by atoms with Gasteiger partial charge in [0.1, 0.15) is 18.7 Å². The fraction of sp³-hybridized carbons (Fsp3) is 0.150. The first-order chi connectivity index (χ1) is 15.2. The van der Waals surface area contributed by atoms with Crippen molar-refractivity contribution in [3.63, 3.8) is 0 Å². The summed E-state index contributed by atoms with van der Waals surface area (Å²) in [5.74, 6) is -1.00. The molecule has 1 amide bonds. The first-order valence-corrected chi connectivity index (χ1v) is 9.21. The first-order valence-electron chi connectivity index (χ1n) is 9.21. The second-order valence-corrected chi connectivity index (χ2v) is 6.85. The molecule has 1 N–H and O–H groups in total. The van der Waals surface area contributed by atoms with Gasteiger partial charge in [0.25, 0.3) is 5.56 Å². The van der Waals surface area contributed by atoms with Gasteiger partial charge in [-0.25, -0.2) is 14.1 Å². The molecular weight excluding hydrogens is 432 g/mol. The van der Waals surface area contributed by atoms with Crippen LogP contribution in [0.25, 0.3) is 11.2 Å². The minimum absolute atomic E-state index is 0.0719. The van der Waals surface area contributed by atoms with Crippen LogP contribution in [0, 0.1) is 5.82 Å². The van der Waals surface area contributed by atoms with Gasteiger partial charge in [-0.3, -0.25) is 14.2 Å². The highest BCUT2D eigenvalue weighted by molar-refractivity contribution is 5.90. The molecule has 4 rings (SSSR count). The smallest absolute Gasteiger partial charge is 0.325 e. The monoisotopic (exact) mass is 446 g/mol. The van der Waals surface area contributed by atoms with Gasteiger partial charge < -0.3 is 5.32 Å². The second kappa shape index (κ2) is 8.21. The van der Waals surface area contributed by atoms with Gasteiger partial charge in [-0.2, -0.15) is 13.2 Å². The van der Waals surface area contributed by atoms with Crippen molar-refractivity contribution >= 4 is 22.8 Å². The zero-order valence-electron chi connectivity index (χ0n) is 16.2. The third-order valence-corrected chi connectivity index (χ3v) is 4.52.